The summed E-state index contributed by atoms with van der Waals surface area (Å²) in [4.78, 5) is 12.1. The smallest absolute Gasteiger partial charge is 0.328 e. The summed E-state index contributed by atoms with van der Waals surface area (Å²) >= 11 is 0. The van der Waals surface area contributed by atoms with Crippen LogP contribution in [0.3, 0.4) is 0 Å². The molecule has 0 aliphatic carbocycles. The maximum absolute atomic E-state index is 12.1. The lowest BCUT2D eigenvalue weighted by atomic mass is 9.78. The number of carboxylic acid groups (broad SMARTS) is 1. The molecule has 0 unspecified atom stereocenters. The lowest BCUT2D eigenvalue weighted by molar-refractivity contribution is -0.145. The molecule has 0 spiro atoms. The Hall–Kier alpha value is -2.93. The van der Waals surface area contributed by atoms with Crippen molar-refractivity contribution < 1.29 is 30.3 Å². The minimum atomic E-state index is -1.51. The van der Waals surface area contributed by atoms with Crippen LogP contribution in [0, 0.1) is 0 Å². The van der Waals surface area contributed by atoms with Crippen molar-refractivity contribution in [1.29, 1.82) is 0 Å². The van der Waals surface area contributed by atoms with Crippen LogP contribution in [-0.2, 0) is 23.2 Å². The molecule has 3 rings (SSSR count). The number of aliphatic carboxylic acids is 1. The maximum atomic E-state index is 12.1. The van der Waals surface area contributed by atoms with Crippen LogP contribution in [0.5, 0.6) is 23.0 Å². The van der Waals surface area contributed by atoms with Crippen LogP contribution in [0.15, 0.2) is 30.3 Å². The second kappa shape index (κ2) is 5.61. The minimum Gasteiger partial charge on any atom is -0.504 e. The first-order chi connectivity index (χ1) is 11.3. The molecular formula is C17H17NO6. The zero-order chi connectivity index (χ0) is 17.5. The molecule has 0 radical (unpaired) electrons. The molecular weight excluding hydrogens is 314 g/mol. The van der Waals surface area contributed by atoms with Crippen LogP contribution in [0.25, 0.3) is 0 Å². The molecule has 1 atom stereocenters. The Morgan fingerprint density at radius 1 is 1.00 bits per heavy atom. The van der Waals surface area contributed by atoms with E-state index in [1.54, 1.807) is 0 Å². The number of nitrogens with one attached hydrogen (secondary N) is 1. The third-order valence-corrected chi connectivity index (χ3v) is 4.36. The first kappa shape index (κ1) is 15.9. The molecule has 2 aromatic rings. The molecule has 0 aromatic heterocycles. The fourth-order valence-electron chi connectivity index (χ4n) is 3.14. The average Bonchev–Trinajstić information content (AvgIpc) is 2.52. The molecule has 6 N–H and O–H groups in total. The van der Waals surface area contributed by atoms with Gasteiger partial charge < -0.3 is 25.5 Å². The fourth-order valence-corrected chi connectivity index (χ4v) is 3.14. The summed E-state index contributed by atoms with van der Waals surface area (Å²) in [7, 11) is 0. The number of carboxylic acids is 1. The molecule has 1 aliphatic heterocycles. The van der Waals surface area contributed by atoms with Gasteiger partial charge in [-0.3, -0.25) is 5.32 Å². The highest BCUT2D eigenvalue weighted by molar-refractivity contribution is 5.83. The summed E-state index contributed by atoms with van der Waals surface area (Å²) in [5.41, 5.74) is -0.0125. The van der Waals surface area contributed by atoms with Crippen molar-refractivity contribution in [3.05, 3.63) is 47.0 Å². The zero-order valence-electron chi connectivity index (χ0n) is 12.7. The third-order valence-electron chi connectivity index (χ3n) is 4.36. The van der Waals surface area contributed by atoms with E-state index in [-0.39, 0.29) is 23.7 Å². The molecule has 0 saturated carbocycles. The second-order valence-corrected chi connectivity index (χ2v) is 5.89. The van der Waals surface area contributed by atoms with Gasteiger partial charge in [0.2, 0.25) is 0 Å². The topological polar surface area (TPSA) is 130 Å². The van der Waals surface area contributed by atoms with Crippen LogP contribution in [0.4, 0.5) is 0 Å². The Labute approximate surface area is 137 Å². The van der Waals surface area contributed by atoms with Crippen molar-refractivity contribution in [1.82, 2.24) is 5.32 Å². The van der Waals surface area contributed by atoms with E-state index in [0.29, 0.717) is 29.7 Å². The van der Waals surface area contributed by atoms with E-state index in [9.17, 15) is 30.3 Å². The van der Waals surface area contributed by atoms with E-state index < -0.39 is 17.3 Å². The van der Waals surface area contributed by atoms with Gasteiger partial charge in [0.25, 0.3) is 0 Å². The van der Waals surface area contributed by atoms with Gasteiger partial charge in [-0.25, -0.2) is 4.79 Å². The highest BCUT2D eigenvalue weighted by Gasteiger charge is 2.44. The lowest BCUT2D eigenvalue weighted by Crippen LogP contribution is -2.54. The number of fused-ring (bicyclic) bond motifs is 1. The summed E-state index contributed by atoms with van der Waals surface area (Å²) in [6, 6.07) is 6.74. The van der Waals surface area contributed by atoms with Gasteiger partial charge in [-0.05, 0) is 47.4 Å². The Morgan fingerprint density at radius 3 is 2.33 bits per heavy atom. The zero-order valence-corrected chi connectivity index (χ0v) is 12.7. The highest BCUT2D eigenvalue weighted by Crippen LogP contribution is 2.39. The van der Waals surface area contributed by atoms with E-state index in [1.807, 2.05) is 0 Å². The number of benzene rings is 2. The fraction of sp³-hybridized carbons (Fsp3) is 0.235. The van der Waals surface area contributed by atoms with Gasteiger partial charge in [-0.1, -0.05) is 6.07 Å². The molecule has 7 nitrogen and oxygen atoms in total. The Morgan fingerprint density at radius 2 is 1.67 bits per heavy atom. The Kier molecular flexibility index (Phi) is 3.73. The first-order valence-electron chi connectivity index (χ1n) is 7.38. The van der Waals surface area contributed by atoms with Crippen molar-refractivity contribution in [2.75, 3.05) is 6.54 Å². The first-order valence-corrected chi connectivity index (χ1v) is 7.38. The van der Waals surface area contributed by atoms with Crippen LogP contribution in [0.1, 0.15) is 16.7 Å². The number of hydrogen-bond acceptors (Lipinski definition) is 6. The molecule has 7 heteroatoms. The van der Waals surface area contributed by atoms with E-state index >= 15 is 0 Å². The van der Waals surface area contributed by atoms with Crippen molar-refractivity contribution >= 4 is 5.97 Å². The van der Waals surface area contributed by atoms with Crippen molar-refractivity contribution in [2.45, 2.75) is 18.4 Å². The molecule has 0 bridgehead atoms. The quantitative estimate of drug-likeness (QED) is 0.466. The normalized spacial score (nSPS) is 19.7. The maximum Gasteiger partial charge on any atom is 0.328 e. The van der Waals surface area contributed by atoms with Gasteiger partial charge in [0.15, 0.2) is 23.0 Å². The molecule has 24 heavy (non-hydrogen) atoms. The monoisotopic (exact) mass is 331 g/mol. The van der Waals surface area contributed by atoms with E-state index in [0.717, 1.165) is 0 Å². The lowest BCUT2D eigenvalue weighted by Gasteiger charge is -2.37. The SMILES string of the molecule is O=C(O)[C@]1(Cc2ccc(O)c(O)c2)NCCc2cc(O)c(O)cc21. The number of hydrogen-bond donors (Lipinski definition) is 6. The van der Waals surface area contributed by atoms with Gasteiger partial charge in [-0.15, -0.1) is 0 Å². The predicted molar refractivity (Wildman–Crippen MR) is 84.3 cm³/mol. The van der Waals surface area contributed by atoms with E-state index in [1.165, 1.54) is 30.3 Å². The third kappa shape index (κ3) is 2.48. The van der Waals surface area contributed by atoms with Crippen LogP contribution in [-0.4, -0.2) is 38.0 Å². The Balaban J connectivity index is 2.12. The largest absolute Gasteiger partial charge is 0.504 e. The summed E-state index contributed by atoms with van der Waals surface area (Å²) < 4.78 is 0. The molecule has 0 saturated heterocycles. The minimum absolute atomic E-state index is 0.00656. The summed E-state index contributed by atoms with van der Waals surface area (Å²) in [5.74, 6) is -2.45. The van der Waals surface area contributed by atoms with Crippen molar-refractivity contribution in [3.63, 3.8) is 0 Å². The summed E-state index contributed by atoms with van der Waals surface area (Å²) in [6.45, 7) is 0.383. The summed E-state index contributed by atoms with van der Waals surface area (Å²) in [5, 5.41) is 51.3. The van der Waals surface area contributed by atoms with Crippen LogP contribution < -0.4 is 5.32 Å². The van der Waals surface area contributed by atoms with Gasteiger partial charge in [0, 0.05) is 13.0 Å². The number of phenolic OH excluding ortho intramolecular Hbond substituents is 4. The molecule has 0 fully saturated rings. The van der Waals surface area contributed by atoms with Crippen LogP contribution in [0.2, 0.25) is 0 Å². The molecule has 1 heterocycles. The van der Waals surface area contributed by atoms with Gasteiger partial charge in [0.1, 0.15) is 5.54 Å². The van der Waals surface area contributed by atoms with E-state index in [2.05, 4.69) is 5.32 Å². The standard InChI is InChI=1S/C17H17NO6/c19-12-2-1-9(5-13(12)20)8-17(16(23)24)11-7-15(22)14(21)6-10(11)3-4-18-17/h1-2,5-7,18-22H,3-4,8H2,(H,23,24)/t17-/m1/s1. The average molecular weight is 331 g/mol. The number of carbonyl (C=O) groups is 1. The number of rotatable bonds is 3. The Bertz CT molecular complexity index is 819. The van der Waals surface area contributed by atoms with Crippen molar-refractivity contribution in [3.8, 4) is 23.0 Å². The van der Waals surface area contributed by atoms with Crippen LogP contribution >= 0.6 is 0 Å². The second-order valence-electron chi connectivity index (χ2n) is 5.89. The summed E-state index contributed by atoms with van der Waals surface area (Å²) in [6.07, 6.45) is 0.506. The van der Waals surface area contributed by atoms with Gasteiger partial charge >= 0.3 is 5.97 Å². The molecule has 0 amide bonds. The van der Waals surface area contributed by atoms with E-state index in [4.69, 9.17) is 0 Å². The molecule has 2 aromatic carbocycles. The van der Waals surface area contributed by atoms with Gasteiger partial charge in [-0.2, -0.15) is 0 Å². The highest BCUT2D eigenvalue weighted by atomic mass is 16.4. The number of phenols is 4. The predicted octanol–water partition coefficient (Wildman–Crippen LogP) is 1.18. The molecule has 126 valence electrons. The van der Waals surface area contributed by atoms with Crippen molar-refractivity contribution in [2.24, 2.45) is 0 Å². The van der Waals surface area contributed by atoms with Gasteiger partial charge in [0.05, 0.1) is 0 Å². The number of aromatic hydroxyl groups is 4. The molecule has 1 aliphatic rings.